The number of fused-ring (bicyclic) bond motifs is 1. The molecule has 0 fully saturated rings. The van der Waals surface area contributed by atoms with Gasteiger partial charge in [-0.3, -0.25) is 4.79 Å². The number of nitrogens with zero attached hydrogens (tertiary/aromatic N) is 3. The van der Waals surface area contributed by atoms with Crippen LogP contribution in [0.1, 0.15) is 19.2 Å². The lowest BCUT2D eigenvalue weighted by Gasteiger charge is -2.17. The minimum atomic E-state index is -3.19. The Hall–Kier alpha value is -1.58. The second-order valence-corrected chi connectivity index (χ2v) is 8.84. The van der Waals surface area contributed by atoms with Crippen molar-refractivity contribution in [2.75, 3.05) is 32.1 Å². The highest BCUT2D eigenvalue weighted by atomic mass is 32.2. The number of hydrogen-bond donors (Lipinski definition) is 1. The van der Waals surface area contributed by atoms with Crippen LogP contribution >= 0.6 is 11.8 Å². The number of imidazole rings is 1. The van der Waals surface area contributed by atoms with Crippen LogP contribution in [0.25, 0.3) is 11.0 Å². The van der Waals surface area contributed by atoms with Gasteiger partial charge in [0.25, 0.3) is 0 Å². The Morgan fingerprint density at radius 1 is 1.35 bits per heavy atom. The van der Waals surface area contributed by atoms with E-state index in [-0.39, 0.29) is 12.5 Å². The fourth-order valence-corrected chi connectivity index (χ4v) is 4.19. The van der Waals surface area contributed by atoms with Gasteiger partial charge in [-0.25, -0.2) is 17.7 Å². The zero-order valence-electron chi connectivity index (χ0n) is 15.4. The number of sulfonamides is 1. The molecular weight excluding hydrogens is 372 g/mol. The summed E-state index contributed by atoms with van der Waals surface area (Å²) in [4.78, 5) is 16.9. The maximum absolute atomic E-state index is 12.3. The molecule has 1 aromatic carbocycles. The number of carbonyl (C=O) groups excluding carboxylic acids is 1. The first-order valence-corrected chi connectivity index (χ1v) is 11.8. The van der Waals surface area contributed by atoms with Crippen molar-refractivity contribution in [3.8, 4) is 0 Å². The van der Waals surface area contributed by atoms with Gasteiger partial charge in [0, 0.05) is 19.6 Å². The van der Waals surface area contributed by atoms with Crippen LogP contribution in [0.3, 0.4) is 0 Å². The molecule has 0 unspecified atom stereocenters. The molecule has 2 aromatic rings. The zero-order valence-corrected chi connectivity index (χ0v) is 17.1. The lowest BCUT2D eigenvalue weighted by molar-refractivity contribution is -0.121. The highest BCUT2D eigenvalue weighted by Crippen LogP contribution is 2.18. The zero-order chi connectivity index (χ0) is 19.2. The van der Waals surface area contributed by atoms with Crippen molar-refractivity contribution in [2.24, 2.45) is 0 Å². The summed E-state index contributed by atoms with van der Waals surface area (Å²) in [5.41, 5.74) is 1.83. The molecule has 0 aliphatic rings. The minimum absolute atomic E-state index is 0.0992. The molecule has 0 bridgehead atoms. The molecule has 1 N–H and O–H groups in total. The van der Waals surface area contributed by atoms with Gasteiger partial charge in [-0.05, 0) is 24.8 Å². The molecule has 0 atom stereocenters. The highest BCUT2D eigenvalue weighted by molar-refractivity contribution is 7.97. The van der Waals surface area contributed by atoms with E-state index in [1.54, 1.807) is 18.7 Å². The van der Waals surface area contributed by atoms with E-state index in [9.17, 15) is 13.2 Å². The van der Waals surface area contributed by atoms with E-state index in [4.69, 9.17) is 0 Å². The average molecular weight is 399 g/mol. The standard InChI is InChI=1S/C17H26N4O3S2/c1-4-20(26(3,23)24)11-7-10-18-17(22)12-21-15-9-6-5-8-14(15)19-16(21)13-25-2/h5-6,8-9H,4,7,10-13H2,1-3H3,(H,18,22). The molecule has 0 radical (unpaired) electrons. The number of nitrogens with one attached hydrogen (secondary N) is 1. The molecule has 7 nitrogen and oxygen atoms in total. The molecule has 0 aliphatic carbocycles. The number of rotatable bonds is 10. The summed E-state index contributed by atoms with van der Waals surface area (Å²) in [7, 11) is -3.19. The van der Waals surface area contributed by atoms with E-state index >= 15 is 0 Å². The Morgan fingerprint density at radius 3 is 2.73 bits per heavy atom. The topological polar surface area (TPSA) is 84.3 Å². The van der Waals surface area contributed by atoms with Gasteiger partial charge in [0.1, 0.15) is 12.4 Å². The van der Waals surface area contributed by atoms with E-state index in [0.29, 0.717) is 26.1 Å². The maximum atomic E-state index is 12.3. The van der Waals surface area contributed by atoms with Crippen LogP contribution in [0.5, 0.6) is 0 Å². The van der Waals surface area contributed by atoms with E-state index < -0.39 is 10.0 Å². The van der Waals surface area contributed by atoms with Crippen LogP contribution in [0.15, 0.2) is 24.3 Å². The molecule has 144 valence electrons. The maximum Gasteiger partial charge on any atom is 0.240 e. The van der Waals surface area contributed by atoms with Gasteiger partial charge in [0.2, 0.25) is 15.9 Å². The summed E-state index contributed by atoms with van der Waals surface area (Å²) < 4.78 is 26.4. The van der Waals surface area contributed by atoms with Crippen molar-refractivity contribution < 1.29 is 13.2 Å². The van der Waals surface area contributed by atoms with Crippen LogP contribution in [0.2, 0.25) is 0 Å². The number of amides is 1. The number of thioether (sulfide) groups is 1. The fraction of sp³-hybridized carbons (Fsp3) is 0.529. The molecule has 1 heterocycles. The first-order chi connectivity index (χ1) is 12.4. The Kier molecular flexibility index (Phi) is 7.48. The smallest absolute Gasteiger partial charge is 0.240 e. The largest absolute Gasteiger partial charge is 0.355 e. The van der Waals surface area contributed by atoms with Crippen molar-refractivity contribution >= 4 is 38.7 Å². The van der Waals surface area contributed by atoms with Gasteiger partial charge in [-0.15, -0.1) is 0 Å². The van der Waals surface area contributed by atoms with Gasteiger partial charge in [0.05, 0.1) is 23.0 Å². The molecule has 0 spiro atoms. The third kappa shape index (κ3) is 5.46. The fourth-order valence-electron chi connectivity index (χ4n) is 2.78. The lowest BCUT2D eigenvalue weighted by Crippen LogP contribution is -2.34. The minimum Gasteiger partial charge on any atom is -0.355 e. The van der Waals surface area contributed by atoms with Crippen LogP contribution in [0, 0.1) is 0 Å². The summed E-state index contributed by atoms with van der Waals surface area (Å²) in [5.74, 6) is 1.52. The Morgan fingerprint density at radius 2 is 2.08 bits per heavy atom. The first kappa shape index (κ1) is 20.7. The quantitative estimate of drug-likeness (QED) is 0.616. The summed E-state index contributed by atoms with van der Waals surface area (Å²) in [6.07, 6.45) is 3.78. The number of benzene rings is 1. The van der Waals surface area contributed by atoms with Gasteiger partial charge in [-0.2, -0.15) is 11.8 Å². The molecule has 0 saturated carbocycles. The predicted molar refractivity (Wildman–Crippen MR) is 107 cm³/mol. The van der Waals surface area contributed by atoms with Crippen molar-refractivity contribution in [3.05, 3.63) is 30.1 Å². The highest BCUT2D eigenvalue weighted by Gasteiger charge is 2.15. The van der Waals surface area contributed by atoms with E-state index in [0.717, 1.165) is 22.6 Å². The molecule has 26 heavy (non-hydrogen) atoms. The second-order valence-electron chi connectivity index (χ2n) is 5.99. The van der Waals surface area contributed by atoms with Crippen molar-refractivity contribution in [2.45, 2.75) is 25.6 Å². The summed E-state index contributed by atoms with van der Waals surface area (Å²) >= 11 is 1.66. The molecule has 1 aromatic heterocycles. The molecule has 9 heteroatoms. The number of aromatic nitrogens is 2. The number of para-hydroxylation sites is 2. The van der Waals surface area contributed by atoms with Crippen LogP contribution in [-0.4, -0.2) is 60.3 Å². The second kappa shape index (κ2) is 9.38. The monoisotopic (exact) mass is 398 g/mol. The molecule has 0 aliphatic heterocycles. The van der Waals surface area contributed by atoms with Crippen LogP contribution in [0.4, 0.5) is 0 Å². The average Bonchev–Trinajstić information content (AvgIpc) is 2.91. The van der Waals surface area contributed by atoms with Gasteiger partial charge in [-0.1, -0.05) is 19.1 Å². The van der Waals surface area contributed by atoms with Crippen molar-refractivity contribution in [1.29, 1.82) is 0 Å². The molecular formula is C17H26N4O3S2. The number of carbonyl (C=O) groups is 1. The first-order valence-electron chi connectivity index (χ1n) is 8.51. The van der Waals surface area contributed by atoms with Crippen LogP contribution < -0.4 is 5.32 Å². The van der Waals surface area contributed by atoms with Gasteiger partial charge < -0.3 is 9.88 Å². The van der Waals surface area contributed by atoms with E-state index in [2.05, 4.69) is 10.3 Å². The van der Waals surface area contributed by atoms with Gasteiger partial charge >= 0.3 is 0 Å². The summed E-state index contributed by atoms with van der Waals surface area (Å²) in [5, 5.41) is 2.87. The third-order valence-electron chi connectivity index (χ3n) is 4.04. The van der Waals surface area contributed by atoms with Crippen molar-refractivity contribution in [3.63, 3.8) is 0 Å². The molecule has 1 amide bonds. The molecule has 0 saturated heterocycles. The van der Waals surface area contributed by atoms with E-state index in [1.165, 1.54) is 10.6 Å². The normalized spacial score (nSPS) is 12.0. The Balaban J connectivity index is 1.94. The predicted octanol–water partition coefficient (Wildman–Crippen LogP) is 1.69. The van der Waals surface area contributed by atoms with Crippen molar-refractivity contribution in [1.82, 2.24) is 19.2 Å². The van der Waals surface area contributed by atoms with Gasteiger partial charge in [0.15, 0.2) is 0 Å². The Bertz CT molecular complexity index is 849. The summed E-state index contributed by atoms with van der Waals surface area (Å²) in [6, 6.07) is 7.78. The molecule has 2 rings (SSSR count). The van der Waals surface area contributed by atoms with E-state index in [1.807, 2.05) is 35.1 Å². The summed E-state index contributed by atoms with van der Waals surface area (Å²) in [6.45, 7) is 3.29. The third-order valence-corrected chi connectivity index (χ3v) is 5.96. The Labute approximate surface area is 159 Å². The number of hydrogen-bond acceptors (Lipinski definition) is 5. The SMILES string of the molecule is CCN(CCCNC(=O)Cn1c(CSC)nc2ccccc21)S(C)(=O)=O. The van der Waals surface area contributed by atoms with Crippen LogP contribution in [-0.2, 0) is 27.1 Å². The lowest BCUT2D eigenvalue weighted by atomic mass is 10.3.